The van der Waals surface area contributed by atoms with Crippen molar-refractivity contribution in [2.45, 2.75) is 33.2 Å². The van der Waals surface area contributed by atoms with Gasteiger partial charge in [0, 0.05) is 24.6 Å². The number of nitrogens with two attached hydrogens (primary N) is 1. The van der Waals surface area contributed by atoms with E-state index in [0.29, 0.717) is 13.1 Å². The molecule has 0 fully saturated rings. The van der Waals surface area contributed by atoms with Gasteiger partial charge in [-0.3, -0.25) is 4.79 Å². The molecule has 0 spiro atoms. The standard InChI is InChI=1S/C15H23BrN2O/c1-4-15(5-2,11-17)14(19)18(3)10-12-8-6-7-9-13(12)16/h6-9H,4-5,10-11,17H2,1-3H3. The van der Waals surface area contributed by atoms with Gasteiger partial charge in [-0.15, -0.1) is 0 Å². The Labute approximate surface area is 124 Å². The number of nitrogens with zero attached hydrogens (tertiary/aromatic N) is 1. The number of rotatable bonds is 6. The fourth-order valence-electron chi connectivity index (χ4n) is 2.29. The van der Waals surface area contributed by atoms with Crippen LogP contribution in [0.25, 0.3) is 0 Å². The summed E-state index contributed by atoms with van der Waals surface area (Å²) in [4.78, 5) is 14.4. The van der Waals surface area contributed by atoms with Gasteiger partial charge in [-0.2, -0.15) is 0 Å². The van der Waals surface area contributed by atoms with Gasteiger partial charge in [0.25, 0.3) is 0 Å². The maximum atomic E-state index is 12.6. The van der Waals surface area contributed by atoms with Gasteiger partial charge in [0.2, 0.25) is 5.91 Å². The SMILES string of the molecule is CCC(CC)(CN)C(=O)N(C)Cc1ccccc1Br. The number of hydrogen-bond acceptors (Lipinski definition) is 2. The van der Waals surface area contributed by atoms with Crippen molar-refractivity contribution in [2.75, 3.05) is 13.6 Å². The molecule has 4 heteroatoms. The van der Waals surface area contributed by atoms with Crippen molar-refractivity contribution in [3.05, 3.63) is 34.3 Å². The lowest BCUT2D eigenvalue weighted by Gasteiger charge is -2.33. The summed E-state index contributed by atoms with van der Waals surface area (Å²) in [6.07, 6.45) is 1.55. The predicted octanol–water partition coefficient (Wildman–Crippen LogP) is 3.17. The highest BCUT2D eigenvalue weighted by atomic mass is 79.9. The molecule has 0 saturated carbocycles. The van der Waals surface area contributed by atoms with Gasteiger partial charge >= 0.3 is 0 Å². The Morgan fingerprint density at radius 1 is 1.32 bits per heavy atom. The van der Waals surface area contributed by atoms with Crippen LogP contribution in [0.5, 0.6) is 0 Å². The van der Waals surface area contributed by atoms with Crippen molar-refractivity contribution < 1.29 is 4.79 Å². The summed E-state index contributed by atoms with van der Waals surface area (Å²) in [7, 11) is 1.84. The van der Waals surface area contributed by atoms with Crippen LogP contribution in [-0.4, -0.2) is 24.4 Å². The Morgan fingerprint density at radius 2 is 1.89 bits per heavy atom. The van der Waals surface area contributed by atoms with E-state index in [-0.39, 0.29) is 5.91 Å². The lowest BCUT2D eigenvalue weighted by atomic mass is 9.81. The molecule has 0 aliphatic rings. The molecular formula is C15H23BrN2O. The average molecular weight is 327 g/mol. The second-order valence-corrected chi connectivity index (χ2v) is 5.80. The number of carbonyl (C=O) groups is 1. The third-order valence-electron chi connectivity index (χ3n) is 3.91. The Kier molecular flexibility index (Phi) is 6.01. The van der Waals surface area contributed by atoms with Gasteiger partial charge < -0.3 is 10.6 Å². The summed E-state index contributed by atoms with van der Waals surface area (Å²) in [5.41, 5.74) is 6.52. The molecule has 0 aliphatic heterocycles. The van der Waals surface area contributed by atoms with Crippen molar-refractivity contribution in [1.82, 2.24) is 4.90 Å². The predicted molar refractivity (Wildman–Crippen MR) is 82.7 cm³/mol. The molecule has 1 aromatic carbocycles. The Balaban J connectivity index is 2.86. The summed E-state index contributed by atoms with van der Waals surface area (Å²) in [6.45, 7) is 5.06. The molecule has 1 rings (SSSR count). The van der Waals surface area contributed by atoms with E-state index in [1.54, 1.807) is 4.90 Å². The number of hydrogen-bond donors (Lipinski definition) is 1. The van der Waals surface area contributed by atoms with E-state index in [4.69, 9.17) is 5.73 Å². The Morgan fingerprint density at radius 3 is 2.37 bits per heavy atom. The molecule has 0 heterocycles. The van der Waals surface area contributed by atoms with Crippen LogP contribution in [0, 0.1) is 5.41 Å². The van der Waals surface area contributed by atoms with Crippen molar-refractivity contribution >= 4 is 21.8 Å². The van der Waals surface area contributed by atoms with E-state index >= 15 is 0 Å². The third kappa shape index (κ3) is 3.57. The van der Waals surface area contributed by atoms with Crippen LogP contribution in [0.15, 0.2) is 28.7 Å². The summed E-state index contributed by atoms with van der Waals surface area (Å²) < 4.78 is 1.03. The number of amides is 1. The van der Waals surface area contributed by atoms with E-state index in [1.165, 1.54) is 0 Å². The smallest absolute Gasteiger partial charge is 0.230 e. The molecule has 0 aromatic heterocycles. The maximum absolute atomic E-state index is 12.6. The van der Waals surface area contributed by atoms with Crippen LogP contribution in [-0.2, 0) is 11.3 Å². The quantitative estimate of drug-likeness (QED) is 0.872. The molecule has 3 nitrogen and oxygen atoms in total. The molecule has 0 unspecified atom stereocenters. The van der Waals surface area contributed by atoms with Gasteiger partial charge in [0.05, 0.1) is 5.41 Å². The summed E-state index contributed by atoms with van der Waals surface area (Å²) in [6, 6.07) is 7.96. The van der Waals surface area contributed by atoms with Crippen molar-refractivity contribution in [2.24, 2.45) is 11.1 Å². The minimum atomic E-state index is -0.421. The molecule has 0 saturated heterocycles. The fourth-order valence-corrected chi connectivity index (χ4v) is 2.70. The van der Waals surface area contributed by atoms with Gasteiger partial charge in [-0.25, -0.2) is 0 Å². The Bertz CT molecular complexity index is 422. The summed E-state index contributed by atoms with van der Waals surface area (Å²) in [5.74, 6) is 0.135. The zero-order chi connectivity index (χ0) is 14.5. The lowest BCUT2D eigenvalue weighted by Crippen LogP contribution is -2.45. The summed E-state index contributed by atoms with van der Waals surface area (Å²) >= 11 is 3.51. The number of benzene rings is 1. The van der Waals surface area contributed by atoms with Crippen molar-refractivity contribution in [3.63, 3.8) is 0 Å². The normalized spacial score (nSPS) is 11.4. The highest BCUT2D eigenvalue weighted by Crippen LogP contribution is 2.28. The maximum Gasteiger partial charge on any atom is 0.230 e. The van der Waals surface area contributed by atoms with E-state index in [0.717, 1.165) is 22.9 Å². The van der Waals surface area contributed by atoms with Gasteiger partial charge in [0.15, 0.2) is 0 Å². The first kappa shape index (κ1) is 16.2. The van der Waals surface area contributed by atoms with E-state index in [2.05, 4.69) is 15.9 Å². The molecule has 0 atom stereocenters. The van der Waals surface area contributed by atoms with Gasteiger partial charge in [-0.1, -0.05) is 48.0 Å². The first-order valence-corrected chi connectivity index (χ1v) is 7.49. The summed E-state index contributed by atoms with van der Waals surface area (Å²) in [5, 5.41) is 0. The minimum Gasteiger partial charge on any atom is -0.341 e. The molecule has 0 radical (unpaired) electrons. The van der Waals surface area contributed by atoms with Crippen LogP contribution in [0.4, 0.5) is 0 Å². The zero-order valence-corrected chi connectivity index (χ0v) is 13.5. The molecule has 0 bridgehead atoms. The number of halogens is 1. The third-order valence-corrected chi connectivity index (χ3v) is 4.68. The van der Waals surface area contributed by atoms with Gasteiger partial charge in [-0.05, 0) is 24.5 Å². The average Bonchev–Trinajstić information content (AvgIpc) is 2.43. The highest BCUT2D eigenvalue weighted by molar-refractivity contribution is 9.10. The van der Waals surface area contributed by atoms with Gasteiger partial charge in [0.1, 0.15) is 0 Å². The van der Waals surface area contributed by atoms with E-state index in [1.807, 2.05) is 45.2 Å². The van der Waals surface area contributed by atoms with Crippen LogP contribution >= 0.6 is 15.9 Å². The topological polar surface area (TPSA) is 46.3 Å². The second kappa shape index (κ2) is 7.06. The second-order valence-electron chi connectivity index (χ2n) is 4.94. The molecule has 1 amide bonds. The van der Waals surface area contributed by atoms with E-state index in [9.17, 15) is 4.79 Å². The molecule has 106 valence electrons. The fraction of sp³-hybridized carbons (Fsp3) is 0.533. The van der Waals surface area contributed by atoms with Crippen molar-refractivity contribution in [3.8, 4) is 0 Å². The monoisotopic (exact) mass is 326 g/mol. The largest absolute Gasteiger partial charge is 0.341 e. The molecule has 1 aromatic rings. The molecule has 19 heavy (non-hydrogen) atoms. The number of carbonyl (C=O) groups excluding carboxylic acids is 1. The Hall–Kier alpha value is -0.870. The molecule has 2 N–H and O–H groups in total. The van der Waals surface area contributed by atoms with Crippen LogP contribution < -0.4 is 5.73 Å². The van der Waals surface area contributed by atoms with E-state index < -0.39 is 5.41 Å². The zero-order valence-electron chi connectivity index (χ0n) is 11.9. The van der Waals surface area contributed by atoms with Crippen LogP contribution in [0.2, 0.25) is 0 Å². The van der Waals surface area contributed by atoms with Crippen LogP contribution in [0.1, 0.15) is 32.3 Å². The minimum absolute atomic E-state index is 0.135. The van der Waals surface area contributed by atoms with Crippen molar-refractivity contribution in [1.29, 1.82) is 0 Å². The molecule has 0 aliphatic carbocycles. The lowest BCUT2D eigenvalue weighted by molar-refractivity contribution is -0.141. The first-order valence-electron chi connectivity index (χ1n) is 6.69. The first-order chi connectivity index (χ1) is 9.00. The molecular weight excluding hydrogens is 304 g/mol. The highest BCUT2D eigenvalue weighted by Gasteiger charge is 2.35. The van der Waals surface area contributed by atoms with Crippen LogP contribution in [0.3, 0.4) is 0 Å².